The van der Waals surface area contributed by atoms with Crippen molar-refractivity contribution in [1.29, 1.82) is 0 Å². The molecule has 0 aliphatic carbocycles. The third kappa shape index (κ3) is 4.28. The quantitative estimate of drug-likeness (QED) is 0.185. The van der Waals surface area contributed by atoms with Crippen LogP contribution in [0.3, 0.4) is 0 Å². The molecule has 0 radical (unpaired) electrons. The molecule has 2 aliphatic heterocycles. The molecular formula is C35H34B2O5S2. The number of hydrogen-bond donors (Lipinski definition) is 0. The average molecular weight is 620 g/mol. The topological polar surface area (TPSA) is 50.1 Å². The van der Waals surface area contributed by atoms with Crippen LogP contribution in [0.2, 0.25) is 0 Å². The first-order chi connectivity index (χ1) is 20.9. The van der Waals surface area contributed by atoms with Crippen molar-refractivity contribution in [2.75, 3.05) is 0 Å². The molecule has 0 saturated carbocycles. The minimum absolute atomic E-state index is 0.0209. The second kappa shape index (κ2) is 9.79. The SMILES string of the molecule is CC1OB(c2cc3c4oc(-c5ccccc5)c(-c5ccccc5)c4c4cc(B5OC(C)(C)C(C)(C)O5)sc4c3s2)OC1(C)C. The van der Waals surface area contributed by atoms with Crippen LogP contribution in [-0.2, 0) is 18.6 Å². The predicted molar refractivity (Wildman–Crippen MR) is 185 cm³/mol. The Hall–Kier alpha value is -2.91. The Morgan fingerprint density at radius 1 is 0.659 bits per heavy atom. The van der Waals surface area contributed by atoms with Gasteiger partial charge in [0.2, 0.25) is 0 Å². The summed E-state index contributed by atoms with van der Waals surface area (Å²) in [5.74, 6) is 0.861. The maximum Gasteiger partial charge on any atom is 0.505 e. The molecule has 1 unspecified atom stereocenters. The second-order valence-corrected chi connectivity index (χ2v) is 15.6. The maximum absolute atomic E-state index is 6.97. The molecule has 3 aromatic carbocycles. The van der Waals surface area contributed by atoms with E-state index in [1.807, 2.05) is 6.07 Å². The molecule has 2 fully saturated rings. The molecule has 6 aromatic rings. The molecule has 0 N–H and O–H groups in total. The molecule has 0 amide bonds. The molecule has 2 saturated heterocycles. The van der Waals surface area contributed by atoms with Gasteiger partial charge in [-0.1, -0.05) is 60.7 Å². The van der Waals surface area contributed by atoms with Gasteiger partial charge in [-0.15, -0.1) is 22.7 Å². The number of thiophene rings is 2. The summed E-state index contributed by atoms with van der Waals surface area (Å²) in [6, 6.07) is 25.4. The summed E-state index contributed by atoms with van der Waals surface area (Å²) in [4.78, 5) is 0. The fourth-order valence-corrected chi connectivity index (χ4v) is 8.53. The van der Waals surface area contributed by atoms with Gasteiger partial charge in [0, 0.05) is 36.8 Å². The fourth-order valence-electron chi connectivity index (χ4n) is 6.13. The van der Waals surface area contributed by atoms with Crippen molar-refractivity contribution in [3.8, 4) is 22.5 Å². The summed E-state index contributed by atoms with van der Waals surface area (Å²) in [7, 11) is -0.882. The van der Waals surface area contributed by atoms with Gasteiger partial charge in [-0.2, -0.15) is 0 Å². The summed E-state index contributed by atoms with van der Waals surface area (Å²) in [6.45, 7) is 14.6. The van der Waals surface area contributed by atoms with E-state index in [0.717, 1.165) is 58.4 Å². The number of rotatable bonds is 4. The predicted octanol–water partition coefficient (Wildman–Crippen LogP) is 8.40. The van der Waals surface area contributed by atoms with Crippen LogP contribution in [0.25, 0.3) is 53.6 Å². The van der Waals surface area contributed by atoms with E-state index < -0.39 is 25.4 Å². The van der Waals surface area contributed by atoms with Crippen LogP contribution in [0.5, 0.6) is 0 Å². The smallest absolute Gasteiger partial charge is 0.455 e. The van der Waals surface area contributed by atoms with Crippen LogP contribution in [0.15, 0.2) is 77.2 Å². The monoisotopic (exact) mass is 620 g/mol. The Morgan fingerprint density at radius 3 is 1.80 bits per heavy atom. The van der Waals surface area contributed by atoms with E-state index in [-0.39, 0.29) is 11.7 Å². The zero-order valence-electron chi connectivity index (χ0n) is 26.0. The van der Waals surface area contributed by atoms with Gasteiger partial charge in [-0.25, -0.2) is 0 Å². The van der Waals surface area contributed by atoms with Gasteiger partial charge < -0.3 is 23.0 Å². The Kier molecular flexibility index (Phi) is 6.36. The van der Waals surface area contributed by atoms with Crippen molar-refractivity contribution in [3.05, 3.63) is 72.8 Å². The summed E-state index contributed by atoms with van der Waals surface area (Å²) in [5, 5.41) is 3.31. The lowest BCUT2D eigenvalue weighted by molar-refractivity contribution is 0.00578. The van der Waals surface area contributed by atoms with Gasteiger partial charge in [0.1, 0.15) is 11.3 Å². The number of fused-ring (bicyclic) bond motifs is 6. The average Bonchev–Trinajstić information content (AvgIpc) is 3.78. The highest BCUT2D eigenvalue weighted by Gasteiger charge is 2.52. The molecule has 8 rings (SSSR count). The third-order valence-electron chi connectivity index (χ3n) is 9.66. The number of hydrogen-bond acceptors (Lipinski definition) is 7. The van der Waals surface area contributed by atoms with Gasteiger partial charge in [0.05, 0.1) is 32.3 Å². The van der Waals surface area contributed by atoms with Gasteiger partial charge >= 0.3 is 14.2 Å². The van der Waals surface area contributed by atoms with Gasteiger partial charge in [-0.05, 0) is 66.2 Å². The van der Waals surface area contributed by atoms with Crippen molar-refractivity contribution >= 4 is 77.6 Å². The molecular weight excluding hydrogens is 586 g/mol. The molecule has 0 bridgehead atoms. The van der Waals surface area contributed by atoms with Crippen molar-refractivity contribution < 1.29 is 23.0 Å². The van der Waals surface area contributed by atoms with E-state index in [9.17, 15) is 0 Å². The molecule has 9 heteroatoms. The molecule has 5 nitrogen and oxygen atoms in total. The van der Waals surface area contributed by atoms with E-state index >= 15 is 0 Å². The largest absolute Gasteiger partial charge is 0.505 e. The molecule has 0 spiro atoms. The lowest BCUT2D eigenvalue weighted by Crippen LogP contribution is -2.41. The lowest BCUT2D eigenvalue weighted by Gasteiger charge is -2.32. The highest BCUT2D eigenvalue weighted by molar-refractivity contribution is 7.35. The highest BCUT2D eigenvalue weighted by Crippen LogP contribution is 2.49. The Morgan fingerprint density at radius 2 is 1.20 bits per heavy atom. The first kappa shape index (κ1) is 28.6. The third-order valence-corrected chi connectivity index (χ3v) is 12.1. The van der Waals surface area contributed by atoms with Crippen LogP contribution in [0, 0.1) is 0 Å². The first-order valence-electron chi connectivity index (χ1n) is 15.2. The fraction of sp³-hybridized carbons (Fsp3) is 0.314. The molecule has 1 atom stereocenters. The van der Waals surface area contributed by atoms with Crippen molar-refractivity contribution in [3.63, 3.8) is 0 Å². The van der Waals surface area contributed by atoms with E-state index in [1.165, 1.54) is 4.70 Å². The summed E-state index contributed by atoms with van der Waals surface area (Å²) in [5.41, 5.74) is 2.89. The molecule has 2 aliphatic rings. The Bertz CT molecular complexity index is 2030. The van der Waals surface area contributed by atoms with E-state index in [4.69, 9.17) is 23.0 Å². The molecule has 5 heterocycles. The van der Waals surface area contributed by atoms with Gasteiger partial charge in [0.15, 0.2) is 0 Å². The van der Waals surface area contributed by atoms with Crippen molar-refractivity contribution in [1.82, 2.24) is 0 Å². The van der Waals surface area contributed by atoms with Crippen LogP contribution in [-0.4, -0.2) is 37.1 Å². The van der Waals surface area contributed by atoms with Crippen molar-refractivity contribution in [2.45, 2.75) is 71.4 Å². The van der Waals surface area contributed by atoms with E-state index in [0.29, 0.717) is 0 Å². The molecule has 3 aromatic heterocycles. The normalized spacial score (nSPS) is 20.9. The van der Waals surface area contributed by atoms with Crippen LogP contribution in [0.4, 0.5) is 0 Å². The lowest BCUT2D eigenvalue weighted by atomic mass is 9.86. The van der Waals surface area contributed by atoms with Gasteiger partial charge in [-0.3, -0.25) is 0 Å². The zero-order valence-corrected chi connectivity index (χ0v) is 27.7. The van der Waals surface area contributed by atoms with Gasteiger partial charge in [0.25, 0.3) is 0 Å². The highest BCUT2D eigenvalue weighted by atomic mass is 32.1. The summed E-state index contributed by atoms with van der Waals surface area (Å²) >= 11 is 3.47. The van der Waals surface area contributed by atoms with Crippen LogP contribution < -0.4 is 9.55 Å². The van der Waals surface area contributed by atoms with E-state index in [1.54, 1.807) is 22.7 Å². The standard InChI is InChI=1S/C35H34B2O5S2/c1-20-33(2,3)40-36(39-20)25-19-24-30-28(27(21-14-10-8-11-15-21)29(38-30)22-16-12-9-13-17-22)23-18-26(44-31(23)32(24)43-25)37-41-34(4,5)35(6,7)42-37/h8-20H,1-7H3. The Labute approximate surface area is 266 Å². The number of benzene rings is 3. The van der Waals surface area contributed by atoms with Crippen LogP contribution in [0.1, 0.15) is 48.5 Å². The second-order valence-electron chi connectivity index (χ2n) is 13.4. The number of furan rings is 1. The van der Waals surface area contributed by atoms with E-state index in [2.05, 4.69) is 115 Å². The Balaban J connectivity index is 1.44. The summed E-state index contributed by atoms with van der Waals surface area (Å²) in [6.07, 6.45) is -0.0209. The molecule has 44 heavy (non-hydrogen) atoms. The maximum atomic E-state index is 6.97. The minimum Gasteiger partial charge on any atom is -0.455 e. The van der Waals surface area contributed by atoms with Crippen LogP contribution >= 0.6 is 22.7 Å². The summed E-state index contributed by atoms with van der Waals surface area (Å²) < 4.78 is 37.2. The zero-order chi connectivity index (χ0) is 30.6. The molecule has 222 valence electrons. The minimum atomic E-state index is -0.453. The first-order valence-corrected chi connectivity index (χ1v) is 16.8. The van der Waals surface area contributed by atoms with Crippen molar-refractivity contribution in [2.24, 2.45) is 0 Å².